The first-order chi connectivity index (χ1) is 13.2. The van der Waals surface area contributed by atoms with Gasteiger partial charge in [-0.1, -0.05) is 25.1 Å². The van der Waals surface area contributed by atoms with Gasteiger partial charge < -0.3 is 15.5 Å². The number of aliphatic carboxylic acids is 1. The molecule has 28 heavy (non-hydrogen) atoms. The molecule has 9 nitrogen and oxygen atoms in total. The van der Waals surface area contributed by atoms with Crippen molar-refractivity contribution in [2.24, 2.45) is 0 Å². The van der Waals surface area contributed by atoms with E-state index >= 15 is 0 Å². The van der Waals surface area contributed by atoms with Crippen LogP contribution < -0.4 is 5.32 Å². The van der Waals surface area contributed by atoms with Gasteiger partial charge in [-0.2, -0.15) is 0 Å². The second kappa shape index (κ2) is 8.53. The monoisotopic (exact) mass is 405 g/mol. The van der Waals surface area contributed by atoms with Gasteiger partial charge in [0.05, 0.1) is 4.90 Å². The molecule has 1 aliphatic rings. The molecule has 10 heteroatoms. The molecule has 2 heterocycles. The van der Waals surface area contributed by atoms with E-state index in [9.17, 15) is 23.1 Å². The highest BCUT2D eigenvalue weighted by Crippen LogP contribution is 2.34. The number of carbonyl (C=O) groups is 2. The average molecular weight is 405 g/mol. The molecule has 0 saturated heterocycles. The van der Waals surface area contributed by atoms with E-state index in [-0.39, 0.29) is 28.4 Å². The molecule has 3 N–H and O–H groups in total. The molecule has 0 saturated carbocycles. The number of hydrogen-bond donors (Lipinski definition) is 3. The molecule has 1 aromatic heterocycles. The molecule has 3 rings (SSSR count). The standard InChI is InChI=1S/C15H13N3O4S.C3H6O2/c1-18-13(15(20)17-12-8-4-5-9-16-12)14(19)10-6-2-3-7-11(10)23(18,21)22;1-2-3(4)5/h2-9,19H,1H3,(H,16,17,20);2H2,1H3,(H,4,5). The fourth-order valence-corrected chi connectivity index (χ4v) is 3.69. The molecule has 0 atom stereocenters. The first-order valence-corrected chi connectivity index (χ1v) is 9.59. The van der Waals surface area contributed by atoms with Gasteiger partial charge >= 0.3 is 5.97 Å². The van der Waals surface area contributed by atoms with Gasteiger partial charge in [0, 0.05) is 25.2 Å². The van der Waals surface area contributed by atoms with Gasteiger partial charge in [0.15, 0.2) is 11.5 Å². The molecular formula is C18H19N3O6S. The van der Waals surface area contributed by atoms with Crippen molar-refractivity contribution in [1.82, 2.24) is 9.29 Å². The Labute approximate surface area is 162 Å². The summed E-state index contributed by atoms with van der Waals surface area (Å²) in [5.41, 5.74) is -0.258. The number of benzene rings is 1. The number of carbonyl (C=O) groups excluding carboxylic acids is 1. The van der Waals surface area contributed by atoms with E-state index in [4.69, 9.17) is 5.11 Å². The minimum Gasteiger partial charge on any atom is -0.505 e. The summed E-state index contributed by atoms with van der Waals surface area (Å²) < 4.78 is 25.8. The summed E-state index contributed by atoms with van der Waals surface area (Å²) in [6.07, 6.45) is 1.71. The lowest BCUT2D eigenvalue weighted by Gasteiger charge is -2.28. The van der Waals surface area contributed by atoms with Crippen LogP contribution in [0, 0.1) is 0 Å². The van der Waals surface area contributed by atoms with Crippen LogP contribution in [0.1, 0.15) is 18.9 Å². The molecule has 0 bridgehead atoms. The maximum Gasteiger partial charge on any atom is 0.303 e. The summed E-state index contributed by atoms with van der Waals surface area (Å²) >= 11 is 0. The van der Waals surface area contributed by atoms with Crippen LogP contribution in [0.15, 0.2) is 59.3 Å². The van der Waals surface area contributed by atoms with Crippen molar-refractivity contribution in [1.29, 1.82) is 0 Å². The maximum atomic E-state index is 12.5. The lowest BCUT2D eigenvalue weighted by molar-refractivity contribution is -0.136. The summed E-state index contributed by atoms with van der Waals surface area (Å²) in [6, 6.07) is 10.9. The summed E-state index contributed by atoms with van der Waals surface area (Å²) in [5.74, 6) is -1.65. The zero-order chi connectivity index (χ0) is 20.9. The van der Waals surface area contributed by atoms with Crippen LogP contribution in [0.25, 0.3) is 5.76 Å². The smallest absolute Gasteiger partial charge is 0.303 e. The van der Waals surface area contributed by atoms with Crippen molar-refractivity contribution in [2.45, 2.75) is 18.2 Å². The summed E-state index contributed by atoms with van der Waals surface area (Å²) in [6.45, 7) is 1.60. The topological polar surface area (TPSA) is 137 Å². The van der Waals surface area contributed by atoms with Gasteiger partial charge in [0.1, 0.15) is 5.82 Å². The molecule has 148 valence electrons. The number of nitrogens with zero attached hydrogens (tertiary/aromatic N) is 2. The number of aromatic nitrogens is 1. The number of carboxylic acids is 1. The van der Waals surface area contributed by atoms with Gasteiger partial charge in [-0.3, -0.25) is 13.9 Å². The van der Waals surface area contributed by atoms with Gasteiger partial charge in [0.25, 0.3) is 15.9 Å². The van der Waals surface area contributed by atoms with Gasteiger partial charge in [0.2, 0.25) is 0 Å². The molecule has 0 spiro atoms. The van der Waals surface area contributed by atoms with Crippen molar-refractivity contribution >= 4 is 33.5 Å². The Hall–Kier alpha value is -3.40. The Morgan fingerprint density at radius 1 is 1.14 bits per heavy atom. The molecule has 0 aliphatic carbocycles. The summed E-state index contributed by atoms with van der Waals surface area (Å²) in [7, 11) is -2.69. The number of pyridine rings is 1. The van der Waals surface area contributed by atoms with Crippen LogP contribution >= 0.6 is 0 Å². The van der Waals surface area contributed by atoms with E-state index in [1.165, 1.54) is 25.4 Å². The van der Waals surface area contributed by atoms with Crippen LogP contribution in [0.4, 0.5) is 5.82 Å². The predicted molar refractivity (Wildman–Crippen MR) is 102 cm³/mol. The highest BCUT2D eigenvalue weighted by atomic mass is 32.2. The number of aliphatic hydroxyl groups excluding tert-OH is 1. The molecule has 1 amide bonds. The Kier molecular flexibility index (Phi) is 6.37. The van der Waals surface area contributed by atoms with Gasteiger partial charge in [-0.25, -0.2) is 13.4 Å². The van der Waals surface area contributed by atoms with Crippen molar-refractivity contribution in [3.05, 3.63) is 59.9 Å². The number of hydrogen-bond acceptors (Lipinski definition) is 6. The minimum atomic E-state index is -3.91. The van der Waals surface area contributed by atoms with Crippen molar-refractivity contribution in [2.75, 3.05) is 12.4 Å². The lowest BCUT2D eigenvalue weighted by Crippen LogP contribution is -2.37. The minimum absolute atomic E-state index is 0.0469. The number of carboxylic acid groups (broad SMARTS) is 1. The highest BCUT2D eigenvalue weighted by molar-refractivity contribution is 7.89. The third-order valence-electron chi connectivity index (χ3n) is 3.74. The van der Waals surface area contributed by atoms with E-state index in [0.29, 0.717) is 0 Å². The van der Waals surface area contributed by atoms with Crippen LogP contribution in [0.2, 0.25) is 0 Å². The second-order valence-electron chi connectivity index (χ2n) is 5.58. The van der Waals surface area contributed by atoms with E-state index in [0.717, 1.165) is 4.31 Å². The Bertz CT molecular complexity index is 1020. The first kappa shape index (κ1) is 20.9. The quantitative estimate of drug-likeness (QED) is 0.711. The second-order valence-corrected chi connectivity index (χ2v) is 7.52. The largest absolute Gasteiger partial charge is 0.505 e. The van der Waals surface area contributed by atoms with E-state index in [1.54, 1.807) is 37.3 Å². The van der Waals surface area contributed by atoms with Crippen LogP contribution in [0.3, 0.4) is 0 Å². The van der Waals surface area contributed by atoms with Crippen molar-refractivity contribution in [3.8, 4) is 0 Å². The summed E-state index contributed by atoms with van der Waals surface area (Å²) in [4.78, 5) is 25.7. The zero-order valence-electron chi connectivity index (χ0n) is 15.2. The highest BCUT2D eigenvalue weighted by Gasteiger charge is 2.37. The molecule has 1 aliphatic heterocycles. The van der Waals surface area contributed by atoms with Crippen LogP contribution in [0.5, 0.6) is 0 Å². The van der Waals surface area contributed by atoms with Crippen molar-refractivity contribution < 1.29 is 28.2 Å². The van der Waals surface area contributed by atoms with Gasteiger partial charge in [-0.15, -0.1) is 0 Å². The van der Waals surface area contributed by atoms with Crippen LogP contribution in [-0.4, -0.2) is 46.8 Å². The average Bonchev–Trinajstić information content (AvgIpc) is 2.68. The first-order valence-electron chi connectivity index (χ1n) is 8.15. The molecule has 0 unspecified atom stereocenters. The Morgan fingerprint density at radius 3 is 2.32 bits per heavy atom. The number of rotatable bonds is 3. The summed E-state index contributed by atoms with van der Waals surface area (Å²) in [5, 5.41) is 20.6. The molecule has 0 radical (unpaired) electrons. The number of sulfonamides is 1. The number of amides is 1. The molecule has 1 aromatic carbocycles. The SMILES string of the molecule is CCC(=O)O.CN1C(C(=O)Nc2ccccn2)=C(O)c2ccccc2S1(=O)=O. The fourth-order valence-electron chi connectivity index (χ4n) is 2.29. The number of likely N-dealkylation sites (N-methyl/N-ethyl adjacent to an activating group) is 1. The Morgan fingerprint density at radius 2 is 1.75 bits per heavy atom. The predicted octanol–water partition coefficient (Wildman–Crippen LogP) is 2.06. The van der Waals surface area contributed by atoms with Crippen LogP contribution in [-0.2, 0) is 19.6 Å². The third kappa shape index (κ3) is 4.29. The number of fused-ring (bicyclic) bond motifs is 1. The molecule has 2 aromatic rings. The number of nitrogens with one attached hydrogen (secondary N) is 1. The maximum absolute atomic E-state index is 12.5. The fraction of sp³-hybridized carbons (Fsp3) is 0.167. The Balaban J connectivity index is 0.000000500. The molecule has 0 fully saturated rings. The lowest BCUT2D eigenvalue weighted by atomic mass is 10.1. The van der Waals surface area contributed by atoms with Gasteiger partial charge in [-0.05, 0) is 24.3 Å². The van der Waals surface area contributed by atoms with E-state index in [1.807, 2.05) is 0 Å². The van der Waals surface area contributed by atoms with E-state index in [2.05, 4.69) is 10.3 Å². The number of aliphatic hydroxyl groups is 1. The van der Waals surface area contributed by atoms with E-state index < -0.39 is 27.7 Å². The normalized spacial score (nSPS) is 14.4. The zero-order valence-corrected chi connectivity index (χ0v) is 16.0. The number of anilines is 1. The van der Waals surface area contributed by atoms with Crippen molar-refractivity contribution in [3.63, 3.8) is 0 Å². The third-order valence-corrected chi connectivity index (χ3v) is 5.56. The molecular weight excluding hydrogens is 386 g/mol.